The fraction of sp³-hybridized carbons (Fsp3) is 0.190. The highest BCUT2D eigenvalue weighted by molar-refractivity contribution is 9.10. The first-order chi connectivity index (χ1) is 12.5. The van der Waals surface area contributed by atoms with Crippen LogP contribution in [0.4, 0.5) is 0 Å². The van der Waals surface area contributed by atoms with Crippen LogP contribution in [0.25, 0.3) is 5.69 Å². The first-order valence-corrected chi connectivity index (χ1v) is 10.2. The maximum Gasteiger partial charge on any atom is 0.126 e. The summed E-state index contributed by atoms with van der Waals surface area (Å²) in [6, 6.07) is 19.1. The van der Waals surface area contributed by atoms with Gasteiger partial charge in [-0.15, -0.1) is 0 Å². The summed E-state index contributed by atoms with van der Waals surface area (Å²) in [5.74, 6) is 0. The Labute approximate surface area is 166 Å². The molecule has 0 fully saturated rings. The van der Waals surface area contributed by atoms with Gasteiger partial charge in [-0.25, -0.2) is 0 Å². The van der Waals surface area contributed by atoms with Gasteiger partial charge in [-0.1, -0.05) is 58.0 Å². The minimum absolute atomic E-state index is 0.140. The lowest BCUT2D eigenvalue weighted by atomic mass is 10.2. The number of hydrogen-bond acceptors (Lipinski definition) is 3. The van der Waals surface area contributed by atoms with Gasteiger partial charge in [-0.3, -0.25) is 5.43 Å². The van der Waals surface area contributed by atoms with Crippen molar-refractivity contribution in [2.45, 2.75) is 26.1 Å². The molecule has 0 bridgehead atoms. The van der Waals surface area contributed by atoms with Crippen molar-refractivity contribution in [3.63, 3.8) is 0 Å². The molecule has 0 radical (unpaired) electrons. The molecule has 3 nitrogen and oxygen atoms in total. The van der Waals surface area contributed by atoms with E-state index in [9.17, 15) is 0 Å². The number of nitrogens with one attached hydrogen (secondary N) is 1. The van der Waals surface area contributed by atoms with Gasteiger partial charge in [0, 0.05) is 32.7 Å². The second-order valence-electron chi connectivity index (χ2n) is 6.51. The number of thioether (sulfide) groups is 1. The fourth-order valence-corrected chi connectivity index (χ4v) is 4.66. The van der Waals surface area contributed by atoms with Crippen LogP contribution in [-0.4, -0.2) is 9.61 Å². The lowest BCUT2D eigenvalue weighted by molar-refractivity contribution is 0.737. The number of hydrogen-bond donors (Lipinski definition) is 1. The van der Waals surface area contributed by atoms with E-state index in [-0.39, 0.29) is 5.37 Å². The summed E-state index contributed by atoms with van der Waals surface area (Å²) in [6.45, 7) is 6.46. The monoisotopic (exact) mass is 425 g/mol. The number of benzene rings is 2. The Balaban J connectivity index is 1.64. The molecule has 0 aliphatic carbocycles. The van der Waals surface area contributed by atoms with Crippen LogP contribution in [0.5, 0.6) is 0 Å². The number of aromatic nitrogens is 1. The molecular weight excluding hydrogens is 406 g/mol. The molecule has 26 heavy (non-hydrogen) atoms. The number of hydrazone groups is 1. The highest BCUT2D eigenvalue weighted by atomic mass is 79.9. The van der Waals surface area contributed by atoms with E-state index in [4.69, 9.17) is 0 Å². The van der Waals surface area contributed by atoms with Crippen molar-refractivity contribution in [3.8, 4) is 5.69 Å². The summed E-state index contributed by atoms with van der Waals surface area (Å²) in [6.07, 6.45) is 0. The molecule has 0 spiro atoms. The van der Waals surface area contributed by atoms with Crippen LogP contribution in [-0.2, 0) is 0 Å². The van der Waals surface area contributed by atoms with Crippen molar-refractivity contribution in [1.82, 2.24) is 9.99 Å². The normalized spacial score (nSPS) is 16.5. The quantitative estimate of drug-likeness (QED) is 0.568. The Kier molecular flexibility index (Phi) is 4.67. The van der Waals surface area contributed by atoms with E-state index >= 15 is 0 Å². The summed E-state index contributed by atoms with van der Waals surface area (Å²) in [4.78, 5) is 0. The largest absolute Gasteiger partial charge is 0.318 e. The molecule has 5 heteroatoms. The minimum Gasteiger partial charge on any atom is -0.318 e. The second kappa shape index (κ2) is 6.97. The van der Waals surface area contributed by atoms with Crippen LogP contribution in [0, 0.1) is 20.8 Å². The van der Waals surface area contributed by atoms with Gasteiger partial charge in [-0.2, -0.15) is 5.10 Å². The summed E-state index contributed by atoms with van der Waals surface area (Å²) in [5.41, 5.74) is 10.7. The van der Waals surface area contributed by atoms with Crippen LogP contribution in [0.3, 0.4) is 0 Å². The Morgan fingerprint density at radius 3 is 2.54 bits per heavy atom. The zero-order valence-corrected chi connectivity index (χ0v) is 17.4. The number of nitrogens with zero attached hydrogens (tertiary/aromatic N) is 2. The minimum atomic E-state index is 0.140. The summed E-state index contributed by atoms with van der Waals surface area (Å²) in [5, 5.41) is 5.74. The Hall–Kier alpha value is -1.98. The third-order valence-electron chi connectivity index (χ3n) is 4.69. The maximum absolute atomic E-state index is 4.56. The number of halogens is 1. The van der Waals surface area contributed by atoms with Crippen LogP contribution < -0.4 is 5.43 Å². The van der Waals surface area contributed by atoms with Crippen molar-refractivity contribution in [2.75, 3.05) is 0 Å². The zero-order valence-electron chi connectivity index (χ0n) is 15.0. The highest BCUT2D eigenvalue weighted by Gasteiger charge is 2.26. The van der Waals surface area contributed by atoms with Gasteiger partial charge in [-0.05, 0) is 50.6 Å². The number of rotatable bonds is 3. The molecular formula is C21H20BrN3S. The summed E-state index contributed by atoms with van der Waals surface area (Å²) in [7, 11) is 0. The van der Waals surface area contributed by atoms with Crippen molar-refractivity contribution in [2.24, 2.45) is 5.10 Å². The third kappa shape index (κ3) is 3.10. The first-order valence-electron chi connectivity index (χ1n) is 8.55. The summed E-state index contributed by atoms with van der Waals surface area (Å²) < 4.78 is 3.45. The van der Waals surface area contributed by atoms with Gasteiger partial charge in [0.25, 0.3) is 0 Å². The molecule has 1 atom stereocenters. The molecule has 0 amide bonds. The standard InChI is InChI=1S/C21H20BrN3S/c1-13-11-17(9-10-19(13)22)25-14(2)12-18(15(25)3)21-24-23-20(26-21)16-7-5-4-6-8-16/h4-12,21,24H,1-3H3/t21-/m0/s1. The van der Waals surface area contributed by atoms with Gasteiger partial charge in [0.05, 0.1) is 0 Å². The molecule has 132 valence electrons. The molecule has 2 heterocycles. The molecule has 0 unspecified atom stereocenters. The van der Waals surface area contributed by atoms with E-state index in [2.05, 4.69) is 88.2 Å². The topological polar surface area (TPSA) is 29.3 Å². The molecule has 1 N–H and O–H groups in total. The fourth-order valence-electron chi connectivity index (χ4n) is 3.35. The van der Waals surface area contributed by atoms with E-state index in [1.54, 1.807) is 11.8 Å². The van der Waals surface area contributed by atoms with Crippen LogP contribution in [0.2, 0.25) is 0 Å². The second-order valence-corrected chi connectivity index (χ2v) is 8.45. The zero-order chi connectivity index (χ0) is 18.3. The highest BCUT2D eigenvalue weighted by Crippen LogP contribution is 2.37. The molecule has 2 aromatic carbocycles. The maximum atomic E-state index is 4.56. The molecule has 0 saturated heterocycles. The smallest absolute Gasteiger partial charge is 0.126 e. The molecule has 4 rings (SSSR count). The van der Waals surface area contributed by atoms with E-state index in [0.717, 1.165) is 15.1 Å². The average Bonchev–Trinajstić information content (AvgIpc) is 3.23. The van der Waals surface area contributed by atoms with Crippen molar-refractivity contribution in [3.05, 3.63) is 87.1 Å². The molecule has 1 aliphatic heterocycles. The SMILES string of the molecule is Cc1cc(-n2c(C)cc([C@H]3NN=C(c4ccccc4)S3)c2C)ccc1Br. The van der Waals surface area contributed by atoms with Crippen LogP contribution >= 0.6 is 27.7 Å². The lowest BCUT2D eigenvalue weighted by Gasteiger charge is -2.13. The van der Waals surface area contributed by atoms with E-state index in [1.165, 1.54) is 28.2 Å². The van der Waals surface area contributed by atoms with E-state index < -0.39 is 0 Å². The van der Waals surface area contributed by atoms with Crippen LogP contribution in [0.1, 0.15) is 33.5 Å². The van der Waals surface area contributed by atoms with Gasteiger partial charge >= 0.3 is 0 Å². The van der Waals surface area contributed by atoms with Crippen molar-refractivity contribution >= 4 is 32.7 Å². The van der Waals surface area contributed by atoms with E-state index in [1.807, 2.05) is 18.2 Å². The number of aryl methyl sites for hydroxylation is 2. The van der Waals surface area contributed by atoms with Gasteiger partial charge < -0.3 is 4.57 Å². The first kappa shape index (κ1) is 17.4. The van der Waals surface area contributed by atoms with Crippen LogP contribution in [0.15, 0.2) is 64.2 Å². The molecule has 0 saturated carbocycles. The molecule has 1 aromatic heterocycles. The predicted molar refractivity (Wildman–Crippen MR) is 114 cm³/mol. The average molecular weight is 426 g/mol. The summed E-state index contributed by atoms with van der Waals surface area (Å²) >= 11 is 5.36. The Bertz CT molecular complexity index is 992. The Morgan fingerprint density at radius 1 is 1.04 bits per heavy atom. The van der Waals surface area contributed by atoms with Gasteiger partial charge in [0.1, 0.15) is 10.4 Å². The third-order valence-corrected chi connectivity index (χ3v) is 6.72. The molecule has 3 aromatic rings. The van der Waals surface area contributed by atoms with Crippen molar-refractivity contribution < 1.29 is 0 Å². The Morgan fingerprint density at radius 2 is 1.81 bits per heavy atom. The molecule has 1 aliphatic rings. The lowest BCUT2D eigenvalue weighted by Crippen LogP contribution is -2.08. The predicted octanol–water partition coefficient (Wildman–Crippen LogP) is 5.86. The van der Waals surface area contributed by atoms with E-state index in [0.29, 0.717) is 0 Å². The van der Waals surface area contributed by atoms with Gasteiger partial charge in [0.2, 0.25) is 0 Å². The van der Waals surface area contributed by atoms with Gasteiger partial charge in [0.15, 0.2) is 0 Å². The van der Waals surface area contributed by atoms with Crippen molar-refractivity contribution in [1.29, 1.82) is 0 Å².